The minimum atomic E-state index is -0.965. The van der Waals surface area contributed by atoms with Gasteiger partial charge in [-0.3, -0.25) is 14.4 Å². The van der Waals surface area contributed by atoms with Gasteiger partial charge < -0.3 is 15.4 Å². The first-order valence-corrected chi connectivity index (χ1v) is 7.25. The number of aryl methyl sites for hydroxylation is 1. The highest BCUT2D eigenvalue weighted by molar-refractivity contribution is 7.20. The van der Waals surface area contributed by atoms with Crippen LogP contribution in [0.5, 0.6) is 0 Å². The Morgan fingerprint density at radius 3 is 2.81 bits per heavy atom. The van der Waals surface area contributed by atoms with E-state index in [4.69, 9.17) is 5.11 Å². The standard InChI is InChI=1S/C13H15N3O4S/c1-3-7(4-8(17)18)16-12(20)10-6(2)9-11(19)14-5-15-13(9)21-10/h5,7H,3-4H2,1-2H3,(H,16,20)(H,17,18)(H,14,15,19). The Balaban J connectivity index is 2.31. The molecule has 1 unspecified atom stereocenters. The van der Waals surface area contributed by atoms with Crippen LogP contribution >= 0.6 is 11.3 Å². The lowest BCUT2D eigenvalue weighted by atomic mass is 10.1. The molecule has 3 N–H and O–H groups in total. The molecule has 0 aliphatic heterocycles. The van der Waals surface area contributed by atoms with E-state index in [1.165, 1.54) is 6.33 Å². The average molecular weight is 309 g/mol. The molecule has 2 heterocycles. The topological polar surface area (TPSA) is 112 Å². The molecule has 0 saturated heterocycles. The zero-order valence-corrected chi connectivity index (χ0v) is 12.4. The van der Waals surface area contributed by atoms with E-state index in [0.717, 1.165) is 11.3 Å². The highest BCUT2D eigenvalue weighted by Gasteiger charge is 2.21. The molecule has 7 nitrogen and oxygen atoms in total. The predicted octanol–water partition coefficient (Wildman–Crippen LogP) is 1.28. The van der Waals surface area contributed by atoms with Crippen molar-refractivity contribution in [3.63, 3.8) is 0 Å². The third-order valence-corrected chi connectivity index (χ3v) is 4.39. The smallest absolute Gasteiger partial charge is 0.305 e. The molecule has 0 radical (unpaired) electrons. The van der Waals surface area contributed by atoms with Crippen molar-refractivity contribution in [2.45, 2.75) is 32.7 Å². The molecule has 0 aliphatic rings. The lowest BCUT2D eigenvalue weighted by molar-refractivity contribution is -0.137. The molecule has 0 bridgehead atoms. The summed E-state index contributed by atoms with van der Waals surface area (Å²) in [6.45, 7) is 3.49. The summed E-state index contributed by atoms with van der Waals surface area (Å²) in [7, 11) is 0. The van der Waals surface area contributed by atoms with Gasteiger partial charge in [-0.1, -0.05) is 6.92 Å². The van der Waals surface area contributed by atoms with Gasteiger partial charge in [0, 0.05) is 6.04 Å². The highest BCUT2D eigenvalue weighted by Crippen LogP contribution is 2.26. The molecule has 1 amide bonds. The average Bonchev–Trinajstić information content (AvgIpc) is 2.76. The fourth-order valence-corrected chi connectivity index (χ4v) is 3.11. The number of aromatic nitrogens is 2. The molecule has 0 aliphatic carbocycles. The van der Waals surface area contributed by atoms with Gasteiger partial charge in [-0.15, -0.1) is 11.3 Å². The van der Waals surface area contributed by atoms with Crippen molar-refractivity contribution in [3.05, 3.63) is 27.1 Å². The van der Waals surface area contributed by atoms with E-state index in [1.54, 1.807) is 13.8 Å². The Kier molecular flexibility index (Phi) is 4.37. The summed E-state index contributed by atoms with van der Waals surface area (Å²) in [5.41, 5.74) is 0.275. The van der Waals surface area contributed by atoms with Crippen LogP contribution in [0.4, 0.5) is 0 Å². The first-order chi connectivity index (χ1) is 9.93. The molecular formula is C13H15N3O4S. The molecule has 21 heavy (non-hydrogen) atoms. The maximum absolute atomic E-state index is 12.3. The molecule has 2 aromatic heterocycles. The van der Waals surface area contributed by atoms with Crippen molar-refractivity contribution in [1.29, 1.82) is 0 Å². The van der Waals surface area contributed by atoms with Crippen LogP contribution < -0.4 is 10.9 Å². The number of hydrogen-bond donors (Lipinski definition) is 3. The zero-order chi connectivity index (χ0) is 15.6. The number of H-pyrrole nitrogens is 1. The molecule has 0 spiro atoms. The van der Waals surface area contributed by atoms with Crippen molar-refractivity contribution in [3.8, 4) is 0 Å². The second-order valence-electron chi connectivity index (χ2n) is 4.64. The highest BCUT2D eigenvalue weighted by atomic mass is 32.1. The zero-order valence-electron chi connectivity index (χ0n) is 11.6. The minimum absolute atomic E-state index is 0.134. The molecule has 0 saturated carbocycles. The first-order valence-electron chi connectivity index (χ1n) is 6.43. The van der Waals surface area contributed by atoms with Gasteiger partial charge in [-0.25, -0.2) is 4.98 Å². The number of carboxylic acid groups (broad SMARTS) is 1. The monoisotopic (exact) mass is 309 g/mol. The van der Waals surface area contributed by atoms with Gasteiger partial charge in [-0.2, -0.15) is 0 Å². The Morgan fingerprint density at radius 1 is 1.52 bits per heavy atom. The number of amides is 1. The Bertz CT molecular complexity index is 749. The van der Waals surface area contributed by atoms with Gasteiger partial charge in [0.05, 0.1) is 23.0 Å². The maximum atomic E-state index is 12.3. The maximum Gasteiger partial charge on any atom is 0.305 e. The Morgan fingerprint density at radius 2 is 2.24 bits per heavy atom. The minimum Gasteiger partial charge on any atom is -0.481 e. The van der Waals surface area contributed by atoms with Gasteiger partial charge in [0.1, 0.15) is 4.83 Å². The fourth-order valence-electron chi connectivity index (χ4n) is 2.05. The van der Waals surface area contributed by atoms with E-state index in [1.807, 2.05) is 0 Å². The van der Waals surface area contributed by atoms with E-state index in [-0.39, 0.29) is 17.9 Å². The quantitative estimate of drug-likeness (QED) is 0.770. The van der Waals surface area contributed by atoms with Crippen LogP contribution in [0.25, 0.3) is 10.2 Å². The fraction of sp³-hybridized carbons (Fsp3) is 0.385. The number of rotatable bonds is 5. The van der Waals surface area contributed by atoms with Crippen LogP contribution in [0, 0.1) is 6.92 Å². The van der Waals surface area contributed by atoms with Crippen molar-refractivity contribution >= 4 is 33.4 Å². The van der Waals surface area contributed by atoms with E-state index in [0.29, 0.717) is 27.1 Å². The van der Waals surface area contributed by atoms with Crippen LogP contribution in [0.15, 0.2) is 11.1 Å². The number of carbonyl (C=O) groups excluding carboxylic acids is 1. The van der Waals surface area contributed by atoms with Crippen LogP contribution in [-0.2, 0) is 4.79 Å². The summed E-state index contributed by atoms with van der Waals surface area (Å²) >= 11 is 1.13. The number of carboxylic acids is 1. The van der Waals surface area contributed by atoms with Crippen LogP contribution in [0.1, 0.15) is 35.0 Å². The van der Waals surface area contributed by atoms with E-state index >= 15 is 0 Å². The molecule has 112 valence electrons. The van der Waals surface area contributed by atoms with E-state index in [2.05, 4.69) is 15.3 Å². The van der Waals surface area contributed by atoms with Gasteiger partial charge in [0.25, 0.3) is 11.5 Å². The van der Waals surface area contributed by atoms with Crippen LogP contribution in [0.2, 0.25) is 0 Å². The summed E-state index contributed by atoms with van der Waals surface area (Å²) in [5.74, 6) is -1.34. The molecule has 2 aromatic rings. The summed E-state index contributed by atoms with van der Waals surface area (Å²) < 4.78 is 0. The van der Waals surface area contributed by atoms with Crippen molar-refractivity contribution in [1.82, 2.24) is 15.3 Å². The van der Waals surface area contributed by atoms with Crippen molar-refractivity contribution < 1.29 is 14.7 Å². The van der Waals surface area contributed by atoms with E-state index in [9.17, 15) is 14.4 Å². The second kappa shape index (κ2) is 6.04. The lowest BCUT2D eigenvalue weighted by Gasteiger charge is -2.14. The summed E-state index contributed by atoms with van der Waals surface area (Å²) in [6, 6.07) is -0.439. The number of hydrogen-bond acceptors (Lipinski definition) is 5. The molecule has 8 heteroatoms. The van der Waals surface area contributed by atoms with Crippen LogP contribution in [0.3, 0.4) is 0 Å². The molecule has 1 atom stereocenters. The predicted molar refractivity (Wildman–Crippen MR) is 78.8 cm³/mol. The number of nitrogens with one attached hydrogen (secondary N) is 2. The molecule has 0 aromatic carbocycles. The number of aromatic amines is 1. The SMILES string of the molecule is CCC(CC(=O)O)NC(=O)c1sc2nc[nH]c(=O)c2c1C. The Labute approximate surface area is 124 Å². The summed E-state index contributed by atoms with van der Waals surface area (Å²) in [6.07, 6.45) is 1.67. The summed E-state index contributed by atoms with van der Waals surface area (Å²) in [4.78, 5) is 42.2. The molecule has 0 fully saturated rings. The number of thiophene rings is 1. The third kappa shape index (κ3) is 3.10. The number of carbonyl (C=O) groups is 2. The third-order valence-electron chi connectivity index (χ3n) is 3.19. The van der Waals surface area contributed by atoms with Crippen molar-refractivity contribution in [2.75, 3.05) is 0 Å². The van der Waals surface area contributed by atoms with Crippen molar-refractivity contribution in [2.24, 2.45) is 0 Å². The largest absolute Gasteiger partial charge is 0.481 e. The van der Waals surface area contributed by atoms with Gasteiger partial charge in [0.2, 0.25) is 0 Å². The molecular weight excluding hydrogens is 294 g/mol. The van der Waals surface area contributed by atoms with Gasteiger partial charge >= 0.3 is 5.97 Å². The first kappa shape index (κ1) is 15.2. The number of fused-ring (bicyclic) bond motifs is 1. The van der Waals surface area contributed by atoms with Gasteiger partial charge in [-0.05, 0) is 18.9 Å². The number of nitrogens with zero attached hydrogens (tertiary/aromatic N) is 1. The number of aliphatic carboxylic acids is 1. The Hall–Kier alpha value is -2.22. The van der Waals surface area contributed by atoms with E-state index < -0.39 is 12.0 Å². The lowest BCUT2D eigenvalue weighted by Crippen LogP contribution is -2.35. The summed E-state index contributed by atoms with van der Waals surface area (Å²) in [5, 5.41) is 11.9. The normalized spacial score (nSPS) is 12.3. The van der Waals surface area contributed by atoms with Crippen LogP contribution in [-0.4, -0.2) is 33.0 Å². The second-order valence-corrected chi connectivity index (χ2v) is 5.64. The van der Waals surface area contributed by atoms with Gasteiger partial charge in [0.15, 0.2) is 0 Å². The molecule has 2 rings (SSSR count).